The summed E-state index contributed by atoms with van der Waals surface area (Å²) in [5.41, 5.74) is -1.21. The maximum Gasteiger partial charge on any atom is 0.498 e. The Morgan fingerprint density at radius 2 is 1.69 bits per heavy atom. The molecule has 0 atom stereocenters. The molecule has 0 radical (unpaired) electrons. The predicted octanol–water partition coefficient (Wildman–Crippen LogP) is 1.08. The normalized spacial score (nSPS) is 27.8. The maximum absolute atomic E-state index is 7.87. The van der Waals surface area contributed by atoms with Crippen molar-refractivity contribution in [3.05, 3.63) is 18.2 Å². The highest BCUT2D eigenvalue weighted by Gasteiger charge is 2.51. The van der Waals surface area contributed by atoms with Gasteiger partial charge in [0.25, 0.3) is 0 Å². The van der Waals surface area contributed by atoms with E-state index in [0.29, 0.717) is 0 Å². The molecule has 86 valence electrons. The molecular formula is C11H17BN2O2. The summed E-state index contributed by atoms with van der Waals surface area (Å²) in [5.74, 6) is -0.516. The smallest absolute Gasteiger partial charge is 0.399 e. The first-order chi connectivity index (χ1) is 9.35. The zero-order valence-electron chi connectivity index (χ0n) is 14.8. The van der Waals surface area contributed by atoms with Crippen molar-refractivity contribution in [2.24, 2.45) is 0 Å². The summed E-state index contributed by atoms with van der Waals surface area (Å²) in [7, 11) is -0.958. The lowest BCUT2D eigenvalue weighted by Crippen LogP contribution is -2.41. The number of aryl methyl sites for hydroxylation is 1. The average Bonchev–Trinajstić information content (AvgIpc) is 2.45. The van der Waals surface area contributed by atoms with Crippen LogP contribution in [-0.2, 0) is 9.31 Å². The Morgan fingerprint density at radius 1 is 1.19 bits per heavy atom. The Morgan fingerprint density at radius 3 is 2.12 bits per heavy atom. The van der Waals surface area contributed by atoms with Gasteiger partial charge >= 0.3 is 7.12 Å². The fourth-order valence-electron chi connectivity index (χ4n) is 1.34. The monoisotopic (exact) mass is 225 g/mol. The molecule has 1 aliphatic heterocycles. The number of nitrogens with zero attached hydrogens (tertiary/aromatic N) is 2. The van der Waals surface area contributed by atoms with Crippen LogP contribution in [0.1, 0.15) is 40.4 Å². The highest BCUT2D eigenvalue weighted by molar-refractivity contribution is 6.61. The Kier molecular flexibility index (Phi) is 1.48. The van der Waals surface area contributed by atoms with Gasteiger partial charge in [0.15, 0.2) is 0 Å². The summed E-state index contributed by atoms with van der Waals surface area (Å²) >= 11 is 0. The van der Waals surface area contributed by atoms with Crippen molar-refractivity contribution in [3.8, 4) is 0 Å². The Bertz CT molecular complexity index is 537. The third-order valence-electron chi connectivity index (χ3n) is 3.05. The third kappa shape index (κ3) is 1.85. The Hall–Kier alpha value is -0.935. The zero-order valence-corrected chi connectivity index (χ0v) is 9.79. The molecule has 1 saturated heterocycles. The van der Waals surface area contributed by atoms with Crippen molar-refractivity contribution in [1.29, 1.82) is 0 Å². The lowest BCUT2D eigenvalue weighted by molar-refractivity contribution is 0.00578. The second-order valence-corrected chi connectivity index (χ2v) is 4.77. The molecule has 2 rings (SSSR count). The molecule has 4 nitrogen and oxygen atoms in total. The first-order valence-corrected chi connectivity index (χ1v) is 5.06. The third-order valence-corrected chi connectivity index (χ3v) is 3.05. The van der Waals surface area contributed by atoms with Gasteiger partial charge in [-0.25, -0.2) is 9.97 Å². The fraction of sp³-hybridized carbons (Fsp3) is 0.636. The van der Waals surface area contributed by atoms with Crippen LogP contribution < -0.4 is 5.46 Å². The standard InChI is InChI=1S/C11H17BN2O2/c1-8-13-6-9(7-14-8)12-15-10(2,3)11(4,5)16-12/h6-7H,1-5H3/i1D3,6D,7D. The van der Waals surface area contributed by atoms with Gasteiger partial charge in [-0.15, -0.1) is 0 Å². The minimum absolute atomic E-state index is 0.0432. The second-order valence-electron chi connectivity index (χ2n) is 4.77. The summed E-state index contributed by atoms with van der Waals surface area (Å²) in [6, 6.07) is 0. The Labute approximate surface area is 104 Å². The molecule has 1 aromatic heterocycles. The van der Waals surface area contributed by atoms with E-state index < -0.39 is 31.0 Å². The highest BCUT2D eigenvalue weighted by atomic mass is 16.7. The summed E-state index contributed by atoms with van der Waals surface area (Å²) in [6.45, 7) is 4.83. The van der Waals surface area contributed by atoms with Crippen LogP contribution in [0.4, 0.5) is 0 Å². The molecule has 2 heterocycles. The Balaban J connectivity index is 2.44. The molecule has 1 aromatic rings. The molecule has 16 heavy (non-hydrogen) atoms. The lowest BCUT2D eigenvalue weighted by Gasteiger charge is -2.32. The number of rotatable bonds is 1. The van der Waals surface area contributed by atoms with Gasteiger partial charge in [0.1, 0.15) is 5.82 Å². The van der Waals surface area contributed by atoms with Gasteiger partial charge in [0.05, 0.1) is 13.9 Å². The fourth-order valence-corrected chi connectivity index (χ4v) is 1.34. The van der Waals surface area contributed by atoms with Gasteiger partial charge in [-0.3, -0.25) is 0 Å². The van der Waals surface area contributed by atoms with Crippen LogP contribution >= 0.6 is 0 Å². The number of hydrogen-bond acceptors (Lipinski definition) is 4. The molecule has 0 saturated carbocycles. The van der Waals surface area contributed by atoms with E-state index in [1.807, 2.05) is 27.7 Å². The molecule has 0 bridgehead atoms. The summed E-state index contributed by atoms with van der Waals surface area (Å²) in [4.78, 5) is 7.32. The van der Waals surface area contributed by atoms with Crippen LogP contribution in [0.2, 0.25) is 0 Å². The summed E-state index contributed by atoms with van der Waals surface area (Å²) in [6.07, 6.45) is -0.723. The summed E-state index contributed by atoms with van der Waals surface area (Å²) in [5, 5.41) is 0. The van der Waals surface area contributed by atoms with Crippen LogP contribution in [0.15, 0.2) is 12.3 Å². The summed E-state index contributed by atoms with van der Waals surface area (Å²) < 4.78 is 49.0. The second kappa shape index (κ2) is 3.53. The quantitative estimate of drug-likeness (QED) is 0.671. The molecule has 5 heteroatoms. The van der Waals surface area contributed by atoms with Crippen molar-refractivity contribution in [3.63, 3.8) is 0 Å². The molecule has 0 spiro atoms. The van der Waals surface area contributed by atoms with E-state index in [0.717, 1.165) is 0 Å². The van der Waals surface area contributed by atoms with Crippen molar-refractivity contribution in [1.82, 2.24) is 9.97 Å². The number of hydrogen-bond donors (Lipinski definition) is 0. The van der Waals surface area contributed by atoms with Crippen molar-refractivity contribution < 1.29 is 16.2 Å². The van der Waals surface area contributed by atoms with E-state index in [-0.39, 0.29) is 17.8 Å². The van der Waals surface area contributed by atoms with Crippen molar-refractivity contribution >= 4 is 12.6 Å². The van der Waals surface area contributed by atoms with E-state index in [9.17, 15) is 0 Å². The van der Waals surface area contributed by atoms with Crippen molar-refractivity contribution in [2.75, 3.05) is 0 Å². The van der Waals surface area contributed by atoms with Crippen LogP contribution in [0.3, 0.4) is 0 Å². The van der Waals surface area contributed by atoms with Crippen LogP contribution in [-0.4, -0.2) is 28.3 Å². The number of aromatic nitrogens is 2. The SMILES string of the molecule is [2H]c1nc(C([2H])([2H])[2H])nc([2H])c1B1OC(C)(C)C(C)(C)O1. The van der Waals surface area contributed by atoms with Gasteiger partial charge < -0.3 is 9.31 Å². The molecule has 0 unspecified atom stereocenters. The van der Waals surface area contributed by atoms with Gasteiger partial charge in [-0.2, -0.15) is 0 Å². The lowest BCUT2D eigenvalue weighted by atomic mass is 9.81. The largest absolute Gasteiger partial charge is 0.498 e. The van der Waals surface area contributed by atoms with Gasteiger partial charge in [0.2, 0.25) is 0 Å². The topological polar surface area (TPSA) is 44.2 Å². The molecule has 1 fully saturated rings. The van der Waals surface area contributed by atoms with Crippen molar-refractivity contribution in [2.45, 2.75) is 45.7 Å². The molecule has 0 aliphatic carbocycles. The highest BCUT2D eigenvalue weighted by Crippen LogP contribution is 2.36. The van der Waals surface area contributed by atoms with E-state index in [2.05, 4.69) is 9.97 Å². The first kappa shape index (κ1) is 6.72. The zero-order chi connectivity index (χ0) is 16.2. The van der Waals surface area contributed by atoms with E-state index in [1.54, 1.807) is 0 Å². The van der Waals surface area contributed by atoms with Crippen LogP contribution in [0.5, 0.6) is 0 Å². The van der Waals surface area contributed by atoms with Crippen LogP contribution in [0, 0.1) is 6.85 Å². The molecule has 0 N–H and O–H groups in total. The van der Waals surface area contributed by atoms with E-state index in [1.165, 1.54) is 0 Å². The first-order valence-electron chi connectivity index (χ1n) is 7.56. The van der Waals surface area contributed by atoms with Gasteiger partial charge in [-0.1, -0.05) is 0 Å². The molecule has 1 aliphatic rings. The van der Waals surface area contributed by atoms with Gasteiger partial charge in [0, 0.05) is 21.9 Å². The molecular weight excluding hydrogens is 203 g/mol. The molecule has 0 aromatic carbocycles. The molecule has 0 amide bonds. The predicted molar refractivity (Wildman–Crippen MR) is 62.5 cm³/mol. The minimum atomic E-state index is -2.56. The van der Waals surface area contributed by atoms with E-state index >= 15 is 0 Å². The minimum Gasteiger partial charge on any atom is -0.399 e. The van der Waals surface area contributed by atoms with Crippen LogP contribution in [0.25, 0.3) is 0 Å². The maximum atomic E-state index is 7.87. The average molecular weight is 225 g/mol. The van der Waals surface area contributed by atoms with E-state index in [4.69, 9.17) is 16.2 Å². The van der Waals surface area contributed by atoms with Gasteiger partial charge in [-0.05, 0) is 34.5 Å².